The first-order chi connectivity index (χ1) is 7.86. The lowest BCUT2D eigenvalue weighted by atomic mass is 10.0. The smallest absolute Gasteiger partial charge is 0.390 e. The first-order valence-electron chi connectivity index (χ1n) is 5.09. The number of hydrogen-bond donors (Lipinski definition) is 3. The number of aliphatic hydroxyl groups excluding tert-OH is 2. The van der Waals surface area contributed by atoms with Crippen LogP contribution in [0.5, 0.6) is 0 Å². The minimum atomic E-state index is -4.40. The van der Waals surface area contributed by atoms with E-state index in [0.29, 0.717) is 0 Å². The van der Waals surface area contributed by atoms with Crippen LogP contribution in [-0.4, -0.2) is 22.9 Å². The molecule has 0 aliphatic rings. The van der Waals surface area contributed by atoms with Gasteiger partial charge < -0.3 is 15.9 Å². The van der Waals surface area contributed by atoms with E-state index in [2.05, 4.69) is 0 Å². The van der Waals surface area contributed by atoms with E-state index in [-0.39, 0.29) is 18.5 Å². The minimum Gasteiger partial charge on any atom is -0.390 e. The van der Waals surface area contributed by atoms with E-state index in [9.17, 15) is 23.4 Å². The second-order valence-electron chi connectivity index (χ2n) is 3.71. The molecule has 0 aliphatic heterocycles. The maximum absolute atomic E-state index is 12.3. The fourth-order valence-electron chi connectivity index (χ4n) is 1.42. The third kappa shape index (κ3) is 3.69. The van der Waals surface area contributed by atoms with Gasteiger partial charge in [-0.1, -0.05) is 12.1 Å². The molecule has 17 heavy (non-hydrogen) atoms. The van der Waals surface area contributed by atoms with Crippen LogP contribution in [0, 0.1) is 0 Å². The van der Waals surface area contributed by atoms with Crippen LogP contribution in [-0.2, 0) is 6.18 Å². The Balaban J connectivity index is 2.80. The molecule has 3 nitrogen and oxygen atoms in total. The third-order valence-electron chi connectivity index (χ3n) is 2.41. The highest BCUT2D eigenvalue weighted by Crippen LogP contribution is 2.30. The lowest BCUT2D eigenvalue weighted by molar-refractivity contribution is -0.137. The third-order valence-corrected chi connectivity index (χ3v) is 2.41. The lowest BCUT2D eigenvalue weighted by Crippen LogP contribution is -2.21. The highest BCUT2D eigenvalue weighted by molar-refractivity contribution is 5.26. The van der Waals surface area contributed by atoms with Gasteiger partial charge in [0.25, 0.3) is 0 Å². The number of halogens is 3. The zero-order valence-corrected chi connectivity index (χ0v) is 8.98. The Hall–Kier alpha value is -1.11. The van der Waals surface area contributed by atoms with Gasteiger partial charge in [0.15, 0.2) is 0 Å². The molecule has 0 saturated heterocycles. The standard InChI is InChI=1S/C11H14F3NO2/c12-11(13,14)8-3-1-7(2-4-8)10(17)9(16)5-6-15/h1-4,9-10,16-17H,5-6,15H2. The molecular weight excluding hydrogens is 235 g/mol. The number of alkyl halides is 3. The van der Waals surface area contributed by atoms with Crippen molar-refractivity contribution in [3.8, 4) is 0 Å². The molecule has 1 aromatic rings. The average Bonchev–Trinajstić information content (AvgIpc) is 2.27. The van der Waals surface area contributed by atoms with Crippen molar-refractivity contribution in [3.63, 3.8) is 0 Å². The van der Waals surface area contributed by atoms with Gasteiger partial charge in [0.1, 0.15) is 6.10 Å². The van der Waals surface area contributed by atoms with Crippen LogP contribution in [0.4, 0.5) is 13.2 Å². The lowest BCUT2D eigenvalue weighted by Gasteiger charge is -2.18. The largest absolute Gasteiger partial charge is 0.416 e. The van der Waals surface area contributed by atoms with E-state index >= 15 is 0 Å². The van der Waals surface area contributed by atoms with Gasteiger partial charge in [-0.2, -0.15) is 13.2 Å². The van der Waals surface area contributed by atoms with E-state index in [1.807, 2.05) is 0 Å². The highest BCUT2D eigenvalue weighted by atomic mass is 19.4. The van der Waals surface area contributed by atoms with Crippen LogP contribution in [0.1, 0.15) is 23.7 Å². The first-order valence-corrected chi connectivity index (χ1v) is 5.09. The molecule has 0 fully saturated rings. The summed E-state index contributed by atoms with van der Waals surface area (Å²) < 4.78 is 36.8. The number of rotatable bonds is 4. The molecule has 0 saturated carbocycles. The van der Waals surface area contributed by atoms with Gasteiger partial charge in [-0.05, 0) is 30.7 Å². The second kappa shape index (κ2) is 5.48. The Bertz CT molecular complexity index is 351. The molecule has 0 aromatic heterocycles. The van der Waals surface area contributed by atoms with Crippen molar-refractivity contribution in [1.29, 1.82) is 0 Å². The molecule has 4 N–H and O–H groups in total. The quantitative estimate of drug-likeness (QED) is 0.756. The molecule has 0 heterocycles. The summed E-state index contributed by atoms with van der Waals surface area (Å²) in [7, 11) is 0. The summed E-state index contributed by atoms with van der Waals surface area (Å²) >= 11 is 0. The molecule has 0 spiro atoms. The predicted octanol–water partition coefficient (Wildman–Crippen LogP) is 1.45. The van der Waals surface area contributed by atoms with Crippen molar-refractivity contribution in [2.45, 2.75) is 24.8 Å². The van der Waals surface area contributed by atoms with Crippen LogP contribution in [0.25, 0.3) is 0 Å². The molecule has 2 unspecified atom stereocenters. The molecule has 96 valence electrons. The van der Waals surface area contributed by atoms with Crippen molar-refractivity contribution < 1.29 is 23.4 Å². The summed E-state index contributed by atoms with van der Waals surface area (Å²) in [6.07, 6.45) is -6.51. The summed E-state index contributed by atoms with van der Waals surface area (Å²) in [4.78, 5) is 0. The average molecular weight is 249 g/mol. The van der Waals surface area contributed by atoms with E-state index in [1.54, 1.807) is 0 Å². The SMILES string of the molecule is NCCC(O)C(O)c1ccc(C(F)(F)F)cc1. The Morgan fingerprint density at radius 3 is 2.06 bits per heavy atom. The summed E-state index contributed by atoms with van der Waals surface area (Å²) in [6.45, 7) is 0.193. The normalized spacial score (nSPS) is 15.6. The van der Waals surface area contributed by atoms with E-state index in [1.165, 1.54) is 0 Å². The summed E-state index contributed by atoms with van der Waals surface area (Å²) in [5, 5.41) is 19.1. The van der Waals surface area contributed by atoms with E-state index < -0.39 is 23.9 Å². The molecule has 6 heteroatoms. The molecular formula is C11H14F3NO2. The Morgan fingerprint density at radius 1 is 1.12 bits per heavy atom. The number of benzene rings is 1. The van der Waals surface area contributed by atoms with Gasteiger partial charge >= 0.3 is 6.18 Å². The van der Waals surface area contributed by atoms with Crippen LogP contribution in [0.2, 0.25) is 0 Å². The molecule has 0 radical (unpaired) electrons. The fourth-order valence-corrected chi connectivity index (χ4v) is 1.42. The zero-order chi connectivity index (χ0) is 13.1. The monoisotopic (exact) mass is 249 g/mol. The van der Waals surface area contributed by atoms with Crippen LogP contribution in [0.3, 0.4) is 0 Å². The van der Waals surface area contributed by atoms with Gasteiger partial charge in [0, 0.05) is 0 Å². The molecule has 1 rings (SSSR count). The number of nitrogens with two attached hydrogens (primary N) is 1. The molecule has 2 atom stereocenters. The summed E-state index contributed by atoms with van der Waals surface area (Å²) in [6, 6.07) is 4.03. The minimum absolute atomic E-state index is 0.183. The van der Waals surface area contributed by atoms with Gasteiger partial charge in [-0.25, -0.2) is 0 Å². The maximum atomic E-state index is 12.3. The van der Waals surface area contributed by atoms with Crippen molar-refractivity contribution in [2.24, 2.45) is 5.73 Å². The second-order valence-corrected chi connectivity index (χ2v) is 3.71. The zero-order valence-electron chi connectivity index (χ0n) is 8.98. The van der Waals surface area contributed by atoms with E-state index in [4.69, 9.17) is 5.73 Å². The van der Waals surface area contributed by atoms with Crippen LogP contribution in [0.15, 0.2) is 24.3 Å². The number of aliphatic hydroxyl groups is 2. The van der Waals surface area contributed by atoms with Gasteiger partial charge in [0.2, 0.25) is 0 Å². The number of hydrogen-bond acceptors (Lipinski definition) is 3. The summed E-state index contributed by atoms with van der Waals surface area (Å²) in [5.41, 5.74) is 4.65. The van der Waals surface area contributed by atoms with Crippen LogP contribution >= 0.6 is 0 Å². The van der Waals surface area contributed by atoms with Crippen molar-refractivity contribution in [2.75, 3.05) is 6.54 Å². The maximum Gasteiger partial charge on any atom is 0.416 e. The predicted molar refractivity (Wildman–Crippen MR) is 56.1 cm³/mol. The molecule has 0 amide bonds. The topological polar surface area (TPSA) is 66.5 Å². The molecule has 0 aliphatic carbocycles. The summed E-state index contributed by atoms with van der Waals surface area (Å²) in [5.74, 6) is 0. The van der Waals surface area contributed by atoms with Gasteiger partial charge in [-0.3, -0.25) is 0 Å². The first kappa shape index (κ1) is 14.0. The molecule has 1 aromatic carbocycles. The van der Waals surface area contributed by atoms with E-state index in [0.717, 1.165) is 24.3 Å². The van der Waals surface area contributed by atoms with Crippen LogP contribution < -0.4 is 5.73 Å². The van der Waals surface area contributed by atoms with Crippen molar-refractivity contribution >= 4 is 0 Å². The molecule has 0 bridgehead atoms. The van der Waals surface area contributed by atoms with Crippen molar-refractivity contribution in [1.82, 2.24) is 0 Å². The Labute approximate surface area is 96.7 Å². The van der Waals surface area contributed by atoms with Gasteiger partial charge in [0.05, 0.1) is 11.7 Å². The highest BCUT2D eigenvalue weighted by Gasteiger charge is 2.30. The van der Waals surface area contributed by atoms with Gasteiger partial charge in [-0.15, -0.1) is 0 Å². The fraction of sp³-hybridized carbons (Fsp3) is 0.455. The Morgan fingerprint density at radius 2 is 1.65 bits per heavy atom. The Kier molecular flexibility index (Phi) is 4.50. The van der Waals surface area contributed by atoms with Crippen molar-refractivity contribution in [3.05, 3.63) is 35.4 Å².